The lowest BCUT2D eigenvalue weighted by molar-refractivity contribution is -0.152. The Kier molecular flexibility index (Phi) is 10.2. The van der Waals surface area contributed by atoms with Crippen molar-refractivity contribution in [2.45, 2.75) is 84.9 Å². The van der Waals surface area contributed by atoms with Crippen LogP contribution in [-0.4, -0.2) is 55.5 Å². The first kappa shape index (κ1) is 32.8. The van der Waals surface area contributed by atoms with E-state index in [0.29, 0.717) is 19.3 Å². The predicted molar refractivity (Wildman–Crippen MR) is 148 cm³/mol. The number of alkyl halides is 3. The lowest BCUT2D eigenvalue weighted by atomic mass is 9.74. The van der Waals surface area contributed by atoms with Crippen LogP contribution in [0.1, 0.15) is 105 Å². The Hall–Kier alpha value is -2.66. The lowest BCUT2D eigenvalue weighted by Crippen LogP contribution is -2.44. The van der Waals surface area contributed by atoms with E-state index >= 15 is 0 Å². The van der Waals surface area contributed by atoms with E-state index in [1.807, 2.05) is 20.8 Å². The zero-order valence-electron chi connectivity index (χ0n) is 23.5. The lowest BCUT2D eigenvalue weighted by Gasteiger charge is -2.37. The van der Waals surface area contributed by atoms with E-state index in [9.17, 15) is 32.7 Å². The van der Waals surface area contributed by atoms with Gasteiger partial charge >= 0.3 is 12.1 Å². The average molecular weight is 620 g/mol. The molecule has 0 unspecified atom stereocenters. The van der Waals surface area contributed by atoms with Gasteiger partial charge in [-0.05, 0) is 57.3 Å². The number of hydrogen-bond acceptors (Lipinski definition) is 5. The highest BCUT2D eigenvalue weighted by atomic mass is 35.5. The summed E-state index contributed by atoms with van der Waals surface area (Å²) < 4.78 is 44.4. The number of ketones is 1. The number of rotatable bonds is 11. The van der Waals surface area contributed by atoms with E-state index in [-0.39, 0.29) is 47.8 Å². The second kappa shape index (κ2) is 12.7. The number of carbonyl (C=O) groups excluding carboxylic acids is 2. The highest BCUT2D eigenvalue weighted by Crippen LogP contribution is 2.44. The summed E-state index contributed by atoms with van der Waals surface area (Å²) in [5, 5.41) is 13.4. The van der Waals surface area contributed by atoms with Crippen LogP contribution in [0.15, 0.2) is 18.6 Å². The first-order valence-electron chi connectivity index (χ1n) is 13.6. The van der Waals surface area contributed by atoms with Gasteiger partial charge in [-0.15, -0.1) is 0 Å². The number of aromatic nitrogens is 3. The van der Waals surface area contributed by atoms with Crippen molar-refractivity contribution in [1.29, 1.82) is 0 Å². The van der Waals surface area contributed by atoms with Crippen LogP contribution in [0.4, 0.5) is 13.2 Å². The molecule has 2 aromatic heterocycles. The molecule has 0 saturated heterocycles. The molecule has 1 fully saturated rings. The van der Waals surface area contributed by atoms with Crippen LogP contribution in [0.2, 0.25) is 10.0 Å². The molecule has 0 radical (unpaired) electrons. The Bertz CT molecular complexity index is 1260. The molecule has 226 valence electrons. The molecule has 1 aliphatic carbocycles. The summed E-state index contributed by atoms with van der Waals surface area (Å²) in [5.74, 6) is -2.61. The normalized spacial score (nSPS) is 19.7. The summed E-state index contributed by atoms with van der Waals surface area (Å²) >= 11 is 12.3. The molecule has 0 aromatic carbocycles. The van der Waals surface area contributed by atoms with Crippen molar-refractivity contribution in [3.8, 4) is 0 Å². The molecule has 2 heterocycles. The standard InChI is InChI=1S/C28H35Cl2F3N4O4/c1-5-27(6-2,7-3)16-36(15-21(38)22-19(29)13-34-14-20(22)30)24(39)18-12-35-37(23(18)28(31,32)33)17-8-10-26(4,11-9-17)25(40)41/h12-14,17H,5-11,15-16H2,1-4H3,(H,40,41)/t17-,26-. The molecule has 1 saturated carbocycles. The average Bonchev–Trinajstić information content (AvgIpc) is 3.37. The van der Waals surface area contributed by atoms with Crippen molar-refractivity contribution in [2.75, 3.05) is 13.1 Å². The Morgan fingerprint density at radius 3 is 2.05 bits per heavy atom. The van der Waals surface area contributed by atoms with E-state index in [2.05, 4.69) is 10.1 Å². The molecule has 0 aliphatic heterocycles. The van der Waals surface area contributed by atoms with Gasteiger partial charge in [-0.2, -0.15) is 18.3 Å². The van der Waals surface area contributed by atoms with E-state index in [4.69, 9.17) is 23.2 Å². The molecular formula is C28H35Cl2F3N4O4. The van der Waals surface area contributed by atoms with Gasteiger partial charge in [0.2, 0.25) is 0 Å². The summed E-state index contributed by atoms with van der Waals surface area (Å²) in [5.41, 5.74) is -3.41. The first-order chi connectivity index (χ1) is 19.1. The molecule has 1 amide bonds. The number of Topliss-reactive ketones (excluding diaryl/α,β-unsaturated/α-hetero) is 1. The van der Waals surface area contributed by atoms with Crippen molar-refractivity contribution in [1.82, 2.24) is 19.7 Å². The molecule has 3 rings (SSSR count). The van der Waals surface area contributed by atoms with Gasteiger partial charge in [0.25, 0.3) is 5.91 Å². The third-order valence-electron chi connectivity index (χ3n) is 8.75. The fourth-order valence-electron chi connectivity index (χ4n) is 5.57. The number of halogens is 5. The minimum atomic E-state index is -4.93. The molecule has 1 aliphatic rings. The van der Waals surface area contributed by atoms with Gasteiger partial charge in [-0.25, -0.2) is 0 Å². The molecular weight excluding hydrogens is 584 g/mol. The second-order valence-corrected chi connectivity index (χ2v) is 11.9. The Morgan fingerprint density at radius 2 is 1.59 bits per heavy atom. The number of pyridine rings is 1. The van der Waals surface area contributed by atoms with Gasteiger partial charge in [0.15, 0.2) is 11.5 Å². The van der Waals surface area contributed by atoms with Crippen molar-refractivity contribution >= 4 is 40.9 Å². The number of nitrogens with zero attached hydrogens (tertiary/aromatic N) is 4. The van der Waals surface area contributed by atoms with E-state index in [1.54, 1.807) is 6.92 Å². The zero-order valence-corrected chi connectivity index (χ0v) is 25.0. The van der Waals surface area contributed by atoms with Crippen molar-refractivity contribution < 1.29 is 32.7 Å². The molecule has 0 spiro atoms. The second-order valence-electron chi connectivity index (χ2n) is 11.1. The minimum Gasteiger partial charge on any atom is -0.481 e. The molecule has 13 heteroatoms. The largest absolute Gasteiger partial charge is 0.481 e. The zero-order chi connectivity index (χ0) is 30.8. The summed E-state index contributed by atoms with van der Waals surface area (Å²) in [6.45, 7) is 6.85. The third kappa shape index (κ3) is 6.88. The Balaban J connectivity index is 2.04. The van der Waals surface area contributed by atoms with E-state index < -0.39 is 58.5 Å². The number of aliphatic carboxylic acids is 1. The number of amides is 1. The summed E-state index contributed by atoms with van der Waals surface area (Å²) in [4.78, 5) is 43.9. The smallest absolute Gasteiger partial charge is 0.433 e. The van der Waals surface area contributed by atoms with Crippen LogP contribution in [0.25, 0.3) is 0 Å². The van der Waals surface area contributed by atoms with Crippen LogP contribution in [-0.2, 0) is 11.0 Å². The number of carboxylic acid groups (broad SMARTS) is 1. The van der Waals surface area contributed by atoms with Gasteiger partial charge in [-0.1, -0.05) is 44.0 Å². The fraction of sp³-hybridized carbons (Fsp3) is 0.607. The summed E-state index contributed by atoms with van der Waals surface area (Å²) in [7, 11) is 0. The molecule has 0 atom stereocenters. The monoisotopic (exact) mass is 618 g/mol. The predicted octanol–water partition coefficient (Wildman–Crippen LogP) is 7.35. The number of hydrogen-bond donors (Lipinski definition) is 1. The van der Waals surface area contributed by atoms with Crippen LogP contribution in [0, 0.1) is 10.8 Å². The maximum absolute atomic E-state index is 14.5. The van der Waals surface area contributed by atoms with Crippen molar-refractivity contribution in [3.05, 3.63) is 45.5 Å². The maximum Gasteiger partial charge on any atom is 0.433 e. The highest BCUT2D eigenvalue weighted by molar-refractivity contribution is 6.39. The third-order valence-corrected chi connectivity index (χ3v) is 9.32. The number of carboxylic acids is 1. The van der Waals surface area contributed by atoms with Gasteiger partial charge in [0.05, 0.1) is 45.4 Å². The topological polar surface area (TPSA) is 105 Å². The van der Waals surface area contributed by atoms with Gasteiger partial charge in [0.1, 0.15) is 0 Å². The summed E-state index contributed by atoms with van der Waals surface area (Å²) in [6.07, 6.45) is 0.977. The van der Waals surface area contributed by atoms with Crippen LogP contribution >= 0.6 is 23.2 Å². The van der Waals surface area contributed by atoms with Gasteiger partial charge in [-0.3, -0.25) is 24.0 Å². The van der Waals surface area contributed by atoms with E-state index in [1.165, 1.54) is 12.4 Å². The Morgan fingerprint density at radius 1 is 1.05 bits per heavy atom. The quantitative estimate of drug-likeness (QED) is 0.264. The Labute approximate surface area is 247 Å². The molecule has 1 N–H and O–H groups in total. The van der Waals surface area contributed by atoms with Crippen LogP contribution in [0.5, 0.6) is 0 Å². The van der Waals surface area contributed by atoms with Gasteiger partial charge in [0, 0.05) is 18.9 Å². The molecule has 0 bridgehead atoms. The van der Waals surface area contributed by atoms with Gasteiger partial charge < -0.3 is 10.0 Å². The fourth-order valence-corrected chi connectivity index (χ4v) is 6.14. The molecule has 41 heavy (non-hydrogen) atoms. The van der Waals surface area contributed by atoms with Crippen molar-refractivity contribution in [2.24, 2.45) is 10.8 Å². The minimum absolute atomic E-state index is 0.0305. The highest BCUT2D eigenvalue weighted by Gasteiger charge is 2.45. The summed E-state index contributed by atoms with van der Waals surface area (Å²) in [6, 6.07) is -0.730. The number of carbonyl (C=O) groups is 3. The first-order valence-corrected chi connectivity index (χ1v) is 14.4. The molecule has 2 aromatic rings. The van der Waals surface area contributed by atoms with Crippen LogP contribution in [0.3, 0.4) is 0 Å². The van der Waals surface area contributed by atoms with E-state index in [0.717, 1.165) is 15.8 Å². The molecule has 8 nitrogen and oxygen atoms in total. The van der Waals surface area contributed by atoms with Crippen LogP contribution < -0.4 is 0 Å². The van der Waals surface area contributed by atoms with Crippen molar-refractivity contribution in [3.63, 3.8) is 0 Å². The maximum atomic E-state index is 14.5. The SMILES string of the molecule is CCC(CC)(CC)CN(CC(=O)c1c(Cl)cncc1Cl)C(=O)c1cnn([C@H]2CC[C@](C)(C(=O)O)CC2)c1C(F)(F)F.